The summed E-state index contributed by atoms with van der Waals surface area (Å²) in [5.74, 6) is -0.800. The summed E-state index contributed by atoms with van der Waals surface area (Å²) < 4.78 is 25.4. The second kappa shape index (κ2) is 15.3. The van der Waals surface area contributed by atoms with Gasteiger partial charge in [-0.25, -0.2) is 8.78 Å². The molecule has 134 valence electrons. The molecule has 2 radical (unpaired) electrons. The molecule has 0 aromatic heterocycles. The number of halogens is 2. The maximum Gasteiger partial charge on any atom is 0.0977 e. The fourth-order valence-electron chi connectivity index (χ4n) is 1.68. The summed E-state index contributed by atoms with van der Waals surface area (Å²) in [6.07, 6.45) is 0.498. The van der Waals surface area contributed by atoms with Gasteiger partial charge in [0.2, 0.25) is 0 Å². The van der Waals surface area contributed by atoms with Gasteiger partial charge >= 0.3 is 0 Å². The molecule has 0 atom stereocenters. The first-order chi connectivity index (χ1) is 9.76. The van der Waals surface area contributed by atoms with E-state index in [-0.39, 0.29) is 91.7 Å². The zero-order valence-corrected chi connectivity index (χ0v) is 19.7. The van der Waals surface area contributed by atoms with Gasteiger partial charge in [-0.1, -0.05) is 55.0 Å². The Balaban J connectivity index is -0.000000152. The van der Waals surface area contributed by atoms with Crippen LogP contribution in [0.5, 0.6) is 0 Å². The number of aryl methyl sites for hydroxylation is 5. The SMILES string of the molecule is C.C.Cc1[c-]c(F)c(C)cc1C.Cc1[c-]c(F)c(C=O)cc1C.[Y].[Y]. The monoisotopic (exact) mass is 498 g/mol. The molecule has 25 heavy (non-hydrogen) atoms. The molecule has 0 fully saturated rings. The Morgan fingerprint density at radius 1 is 0.760 bits per heavy atom. The largest absolute Gasteiger partial charge is 0.312 e. The summed E-state index contributed by atoms with van der Waals surface area (Å²) >= 11 is 0. The van der Waals surface area contributed by atoms with Gasteiger partial charge in [-0.05, 0) is 0 Å². The van der Waals surface area contributed by atoms with Gasteiger partial charge in [-0.3, -0.25) is 0 Å². The van der Waals surface area contributed by atoms with Crippen molar-refractivity contribution in [3.8, 4) is 0 Å². The Kier molecular flexibility index (Phi) is 20.0. The van der Waals surface area contributed by atoms with Crippen molar-refractivity contribution in [1.82, 2.24) is 0 Å². The van der Waals surface area contributed by atoms with Crippen LogP contribution >= 0.6 is 0 Å². The average Bonchev–Trinajstić information content (AvgIpc) is 2.41. The van der Waals surface area contributed by atoms with Crippen LogP contribution < -0.4 is 0 Å². The second-order valence-corrected chi connectivity index (χ2v) is 5.04. The molecule has 2 aromatic carbocycles. The molecule has 1 nitrogen and oxygen atoms in total. The number of rotatable bonds is 1. The van der Waals surface area contributed by atoms with Crippen LogP contribution in [0.15, 0.2) is 12.1 Å². The Morgan fingerprint density at radius 2 is 1.16 bits per heavy atom. The zero-order valence-electron chi connectivity index (χ0n) is 14.1. The van der Waals surface area contributed by atoms with Crippen molar-refractivity contribution in [1.29, 1.82) is 0 Å². The second-order valence-electron chi connectivity index (χ2n) is 5.04. The third kappa shape index (κ3) is 10.2. The Bertz CT molecular complexity index is 621. The van der Waals surface area contributed by atoms with Gasteiger partial charge in [0.15, 0.2) is 0 Å². The molecule has 0 saturated heterocycles. The molecule has 0 aliphatic carbocycles. The van der Waals surface area contributed by atoms with Crippen LogP contribution in [0.2, 0.25) is 0 Å². The van der Waals surface area contributed by atoms with Gasteiger partial charge in [-0.15, -0.1) is 17.7 Å². The van der Waals surface area contributed by atoms with Crippen molar-refractivity contribution in [3.05, 3.63) is 69.3 Å². The third-order valence-corrected chi connectivity index (χ3v) is 3.31. The molecule has 0 N–H and O–H groups in total. The van der Waals surface area contributed by atoms with Crippen LogP contribution in [-0.4, -0.2) is 6.29 Å². The number of carbonyl (C=O) groups excluding carboxylic acids is 1. The molecular formula is C20H26F2OY2-2. The van der Waals surface area contributed by atoms with Crippen LogP contribution in [0.4, 0.5) is 8.78 Å². The molecular weight excluding hydrogens is 472 g/mol. The van der Waals surface area contributed by atoms with E-state index in [1.807, 2.05) is 26.8 Å². The first-order valence-corrected chi connectivity index (χ1v) is 6.56. The van der Waals surface area contributed by atoms with E-state index in [1.54, 1.807) is 13.8 Å². The maximum absolute atomic E-state index is 12.7. The fraction of sp³-hybridized carbons (Fsp3) is 0.350. The van der Waals surface area contributed by atoms with E-state index in [2.05, 4.69) is 12.1 Å². The first kappa shape index (κ1) is 32.8. The third-order valence-electron chi connectivity index (χ3n) is 3.31. The summed E-state index contributed by atoms with van der Waals surface area (Å²) in [4.78, 5) is 10.2. The van der Waals surface area contributed by atoms with E-state index in [4.69, 9.17) is 0 Å². The van der Waals surface area contributed by atoms with Gasteiger partial charge in [0.25, 0.3) is 0 Å². The summed E-state index contributed by atoms with van der Waals surface area (Å²) in [6.45, 7) is 9.14. The molecule has 2 aromatic rings. The molecule has 0 aliphatic rings. The summed E-state index contributed by atoms with van der Waals surface area (Å²) in [6, 6.07) is 8.46. The van der Waals surface area contributed by atoms with E-state index in [9.17, 15) is 13.6 Å². The van der Waals surface area contributed by atoms with Gasteiger partial charge in [0.05, 0.1) is 6.29 Å². The van der Waals surface area contributed by atoms with Crippen molar-refractivity contribution in [2.75, 3.05) is 0 Å². The molecule has 0 amide bonds. The minimum absolute atomic E-state index is 0. The molecule has 0 saturated carbocycles. The van der Waals surface area contributed by atoms with Crippen LogP contribution in [0.1, 0.15) is 53.0 Å². The topological polar surface area (TPSA) is 17.1 Å². The van der Waals surface area contributed by atoms with Gasteiger partial charge in [0.1, 0.15) is 0 Å². The molecule has 2 rings (SSSR count). The van der Waals surface area contributed by atoms with E-state index in [1.165, 1.54) is 6.07 Å². The summed E-state index contributed by atoms with van der Waals surface area (Å²) in [5, 5.41) is 0. The van der Waals surface area contributed by atoms with Crippen molar-refractivity contribution >= 4 is 6.29 Å². The van der Waals surface area contributed by atoms with E-state index in [0.29, 0.717) is 11.8 Å². The van der Waals surface area contributed by atoms with E-state index >= 15 is 0 Å². The normalized spacial score (nSPS) is 8.28. The number of hydrogen-bond acceptors (Lipinski definition) is 1. The van der Waals surface area contributed by atoms with Crippen molar-refractivity contribution in [3.63, 3.8) is 0 Å². The van der Waals surface area contributed by atoms with Gasteiger partial charge in [0, 0.05) is 77.1 Å². The fourth-order valence-corrected chi connectivity index (χ4v) is 1.68. The first-order valence-electron chi connectivity index (χ1n) is 6.56. The van der Waals surface area contributed by atoms with Crippen molar-refractivity contribution < 1.29 is 79.0 Å². The van der Waals surface area contributed by atoms with Crippen LogP contribution in [0, 0.1) is 58.4 Å². The minimum Gasteiger partial charge on any atom is -0.312 e. The molecule has 0 heterocycles. The number of aldehydes is 1. The molecule has 0 bridgehead atoms. The number of benzene rings is 2. The van der Waals surface area contributed by atoms with Crippen LogP contribution in [-0.2, 0) is 65.4 Å². The van der Waals surface area contributed by atoms with Crippen molar-refractivity contribution in [2.45, 2.75) is 49.5 Å². The van der Waals surface area contributed by atoms with E-state index in [0.717, 1.165) is 22.3 Å². The molecule has 0 aliphatic heterocycles. The standard InChI is InChI=1S/C9H8FO.C9H10F.2CH4.2Y/c1-6-3-8(5-11)9(10)4-7(6)2;1-6-4-8(3)9(10)5-7(6)2;;;;/h3,5H,1-2H3;4H,1-3H3;2*1H4;;/q2*-1;;;;. The summed E-state index contributed by atoms with van der Waals surface area (Å²) in [7, 11) is 0. The Hall–Kier alpha value is 0.178. The Labute approximate surface area is 202 Å². The molecule has 0 unspecified atom stereocenters. The zero-order chi connectivity index (χ0) is 16.2. The number of hydrogen-bond donors (Lipinski definition) is 0. The smallest absolute Gasteiger partial charge is 0.0977 e. The quantitative estimate of drug-likeness (QED) is 0.355. The van der Waals surface area contributed by atoms with Gasteiger partial charge < -0.3 is 4.79 Å². The van der Waals surface area contributed by atoms with Crippen LogP contribution in [0.3, 0.4) is 0 Å². The van der Waals surface area contributed by atoms with Crippen LogP contribution in [0.25, 0.3) is 0 Å². The molecule has 5 heteroatoms. The average molecular weight is 498 g/mol. The predicted molar refractivity (Wildman–Crippen MR) is 93.0 cm³/mol. The Morgan fingerprint density at radius 3 is 1.56 bits per heavy atom. The summed E-state index contributed by atoms with van der Waals surface area (Å²) in [5.41, 5.74) is 4.36. The predicted octanol–water partition coefficient (Wildman–Crippen LogP) is 5.87. The molecule has 0 spiro atoms. The number of carbonyl (C=O) groups is 1. The van der Waals surface area contributed by atoms with Crippen molar-refractivity contribution in [2.24, 2.45) is 0 Å². The minimum atomic E-state index is -0.567. The maximum atomic E-state index is 12.7. The van der Waals surface area contributed by atoms with Gasteiger partial charge in [-0.2, -0.15) is 34.4 Å². The van der Waals surface area contributed by atoms with E-state index < -0.39 is 5.82 Å².